The summed E-state index contributed by atoms with van der Waals surface area (Å²) < 4.78 is 5.06. The van der Waals surface area contributed by atoms with Crippen LogP contribution >= 0.6 is 0 Å². The van der Waals surface area contributed by atoms with E-state index in [0.29, 0.717) is 17.7 Å². The first-order valence-corrected chi connectivity index (χ1v) is 4.96. The zero-order valence-corrected chi connectivity index (χ0v) is 9.65. The molecule has 0 aromatic heterocycles. The Morgan fingerprint density at radius 2 is 2.06 bits per heavy atom. The molecule has 0 bridgehead atoms. The molecular formula is C12H16O4. The lowest BCUT2D eigenvalue weighted by atomic mass is 9.85. The number of methoxy groups -OCH3 is 1. The van der Waals surface area contributed by atoms with Crippen molar-refractivity contribution in [3.8, 4) is 11.5 Å². The summed E-state index contributed by atoms with van der Waals surface area (Å²) in [6, 6.07) is 4.93. The Morgan fingerprint density at radius 1 is 1.44 bits per heavy atom. The molecule has 0 fully saturated rings. The quantitative estimate of drug-likeness (QED) is 0.821. The Kier molecular flexibility index (Phi) is 3.42. The molecule has 4 nitrogen and oxygen atoms in total. The van der Waals surface area contributed by atoms with Crippen molar-refractivity contribution in [3.63, 3.8) is 0 Å². The van der Waals surface area contributed by atoms with Crippen molar-refractivity contribution in [2.24, 2.45) is 5.41 Å². The molecule has 1 aromatic carbocycles. The van der Waals surface area contributed by atoms with Crippen LogP contribution in [-0.2, 0) is 11.2 Å². The van der Waals surface area contributed by atoms with Gasteiger partial charge < -0.3 is 14.9 Å². The summed E-state index contributed by atoms with van der Waals surface area (Å²) in [5.41, 5.74) is -0.198. The Balaban J connectivity index is 3.06. The molecule has 0 unspecified atom stereocenters. The van der Waals surface area contributed by atoms with E-state index in [1.165, 1.54) is 13.2 Å². The summed E-state index contributed by atoms with van der Waals surface area (Å²) in [6.07, 6.45) is 0.305. The molecule has 1 rings (SSSR count). The van der Waals surface area contributed by atoms with E-state index in [2.05, 4.69) is 0 Å². The number of benzene rings is 1. The molecule has 0 heterocycles. The smallest absolute Gasteiger partial charge is 0.309 e. The summed E-state index contributed by atoms with van der Waals surface area (Å²) >= 11 is 0. The van der Waals surface area contributed by atoms with Gasteiger partial charge in [0.05, 0.1) is 12.5 Å². The Hall–Kier alpha value is -1.71. The van der Waals surface area contributed by atoms with Gasteiger partial charge in [0, 0.05) is 0 Å². The standard InChI is InChI=1S/C12H16O4/c1-12(2,11(14)15)7-8-5-4-6-9(13)10(8)16-3/h4-6,13H,7H2,1-3H3,(H,14,15). The maximum Gasteiger partial charge on any atom is 0.309 e. The summed E-state index contributed by atoms with van der Waals surface area (Å²) in [4.78, 5) is 11.0. The molecule has 0 radical (unpaired) electrons. The molecule has 0 amide bonds. The molecule has 0 aliphatic carbocycles. The van der Waals surface area contributed by atoms with Crippen molar-refractivity contribution in [2.75, 3.05) is 7.11 Å². The molecule has 0 atom stereocenters. The predicted molar refractivity (Wildman–Crippen MR) is 59.8 cm³/mol. The summed E-state index contributed by atoms with van der Waals surface area (Å²) in [7, 11) is 1.45. The summed E-state index contributed by atoms with van der Waals surface area (Å²) in [6.45, 7) is 3.28. The Morgan fingerprint density at radius 3 is 2.56 bits per heavy atom. The highest BCUT2D eigenvalue weighted by Gasteiger charge is 2.29. The van der Waals surface area contributed by atoms with Gasteiger partial charge in [-0.05, 0) is 31.9 Å². The van der Waals surface area contributed by atoms with E-state index in [9.17, 15) is 9.90 Å². The van der Waals surface area contributed by atoms with Gasteiger partial charge in [0.2, 0.25) is 0 Å². The lowest BCUT2D eigenvalue weighted by Gasteiger charge is -2.20. The molecule has 2 N–H and O–H groups in total. The van der Waals surface area contributed by atoms with E-state index in [1.807, 2.05) is 0 Å². The molecule has 0 spiro atoms. The average Bonchev–Trinajstić information content (AvgIpc) is 2.17. The van der Waals surface area contributed by atoms with Crippen molar-refractivity contribution in [1.29, 1.82) is 0 Å². The molecular weight excluding hydrogens is 208 g/mol. The lowest BCUT2D eigenvalue weighted by Crippen LogP contribution is -2.26. The number of aliphatic carboxylic acids is 1. The van der Waals surface area contributed by atoms with Crippen LogP contribution in [0.15, 0.2) is 18.2 Å². The maximum absolute atomic E-state index is 11.0. The minimum Gasteiger partial charge on any atom is -0.504 e. The van der Waals surface area contributed by atoms with Gasteiger partial charge in [-0.15, -0.1) is 0 Å². The van der Waals surface area contributed by atoms with Crippen molar-refractivity contribution in [3.05, 3.63) is 23.8 Å². The molecule has 0 saturated carbocycles. The van der Waals surface area contributed by atoms with Crippen molar-refractivity contribution in [2.45, 2.75) is 20.3 Å². The number of carbonyl (C=O) groups is 1. The number of phenols is 1. The van der Waals surface area contributed by atoms with Crippen LogP contribution in [0.5, 0.6) is 11.5 Å². The van der Waals surface area contributed by atoms with Crippen LogP contribution in [0.4, 0.5) is 0 Å². The largest absolute Gasteiger partial charge is 0.504 e. The molecule has 0 aliphatic rings. The molecule has 0 saturated heterocycles. The molecule has 4 heteroatoms. The fourth-order valence-corrected chi connectivity index (χ4v) is 1.50. The first kappa shape index (κ1) is 12.4. The third kappa shape index (κ3) is 2.45. The van der Waals surface area contributed by atoms with Gasteiger partial charge in [0.1, 0.15) is 0 Å². The van der Waals surface area contributed by atoms with Crippen LogP contribution < -0.4 is 4.74 Å². The summed E-state index contributed by atoms with van der Waals surface area (Å²) in [5, 5.41) is 18.6. The van der Waals surface area contributed by atoms with Gasteiger partial charge in [-0.2, -0.15) is 0 Å². The zero-order chi connectivity index (χ0) is 12.3. The second-order valence-corrected chi connectivity index (χ2v) is 4.34. The third-order valence-corrected chi connectivity index (χ3v) is 2.49. The average molecular weight is 224 g/mol. The van der Waals surface area contributed by atoms with Gasteiger partial charge in [0.25, 0.3) is 0 Å². The number of carboxylic acid groups (broad SMARTS) is 1. The number of hydrogen-bond donors (Lipinski definition) is 2. The first-order chi connectivity index (χ1) is 7.38. The normalized spacial score (nSPS) is 11.2. The second kappa shape index (κ2) is 4.43. The van der Waals surface area contributed by atoms with Crippen LogP contribution in [0, 0.1) is 5.41 Å². The lowest BCUT2D eigenvalue weighted by molar-refractivity contribution is -0.146. The number of ether oxygens (including phenoxy) is 1. The Labute approximate surface area is 94.5 Å². The van der Waals surface area contributed by atoms with Gasteiger partial charge in [0.15, 0.2) is 11.5 Å². The van der Waals surface area contributed by atoms with Crippen LogP contribution in [0.1, 0.15) is 19.4 Å². The van der Waals surface area contributed by atoms with Gasteiger partial charge in [-0.25, -0.2) is 0 Å². The minimum absolute atomic E-state index is 0.0289. The van der Waals surface area contributed by atoms with E-state index in [-0.39, 0.29) is 5.75 Å². The SMILES string of the molecule is COc1c(O)cccc1CC(C)(C)C(=O)O. The van der Waals surface area contributed by atoms with Gasteiger partial charge >= 0.3 is 5.97 Å². The van der Waals surface area contributed by atoms with Crippen molar-refractivity contribution < 1.29 is 19.7 Å². The molecule has 0 aliphatic heterocycles. The van der Waals surface area contributed by atoms with Gasteiger partial charge in [-0.3, -0.25) is 4.79 Å². The van der Waals surface area contributed by atoms with E-state index >= 15 is 0 Å². The van der Waals surface area contributed by atoms with Crippen molar-refractivity contribution in [1.82, 2.24) is 0 Å². The molecule has 1 aromatic rings. The number of hydrogen-bond acceptors (Lipinski definition) is 3. The van der Waals surface area contributed by atoms with E-state index in [0.717, 1.165) is 0 Å². The van der Waals surface area contributed by atoms with Crippen molar-refractivity contribution >= 4 is 5.97 Å². The summed E-state index contributed by atoms with van der Waals surface area (Å²) in [5.74, 6) is -0.504. The number of aromatic hydroxyl groups is 1. The van der Waals surface area contributed by atoms with Crippen LogP contribution in [0.3, 0.4) is 0 Å². The predicted octanol–water partition coefficient (Wildman–Crippen LogP) is 2.05. The Bertz CT molecular complexity index is 396. The molecule has 88 valence electrons. The van der Waals surface area contributed by atoms with E-state index in [4.69, 9.17) is 9.84 Å². The topological polar surface area (TPSA) is 66.8 Å². The van der Waals surface area contributed by atoms with Crippen LogP contribution in [0.25, 0.3) is 0 Å². The number of para-hydroxylation sites is 1. The highest BCUT2D eigenvalue weighted by Crippen LogP contribution is 2.34. The first-order valence-electron chi connectivity index (χ1n) is 4.96. The second-order valence-electron chi connectivity index (χ2n) is 4.34. The zero-order valence-electron chi connectivity index (χ0n) is 9.65. The van der Waals surface area contributed by atoms with E-state index < -0.39 is 11.4 Å². The fourth-order valence-electron chi connectivity index (χ4n) is 1.50. The molecule has 16 heavy (non-hydrogen) atoms. The maximum atomic E-state index is 11.0. The third-order valence-electron chi connectivity index (χ3n) is 2.49. The number of rotatable bonds is 4. The number of phenolic OH excluding ortho intramolecular Hbond substituents is 1. The van der Waals surface area contributed by atoms with E-state index in [1.54, 1.807) is 26.0 Å². The van der Waals surface area contributed by atoms with Gasteiger partial charge in [-0.1, -0.05) is 12.1 Å². The highest BCUT2D eigenvalue weighted by molar-refractivity contribution is 5.74. The number of carboxylic acids is 1. The van der Waals surface area contributed by atoms with Crippen LogP contribution in [-0.4, -0.2) is 23.3 Å². The van der Waals surface area contributed by atoms with Crippen LogP contribution in [0.2, 0.25) is 0 Å². The monoisotopic (exact) mass is 224 g/mol. The highest BCUT2D eigenvalue weighted by atomic mass is 16.5. The fraction of sp³-hybridized carbons (Fsp3) is 0.417. The minimum atomic E-state index is -0.888.